The molecule has 1 aliphatic heterocycles. The quantitative estimate of drug-likeness (QED) is 0.672. The van der Waals surface area contributed by atoms with Gasteiger partial charge in [0.2, 0.25) is 0 Å². The van der Waals surface area contributed by atoms with E-state index in [-0.39, 0.29) is 23.8 Å². The van der Waals surface area contributed by atoms with Crippen molar-refractivity contribution in [2.75, 3.05) is 6.54 Å². The molecule has 4 heteroatoms. The summed E-state index contributed by atoms with van der Waals surface area (Å²) in [6.45, 7) is 10.3. The van der Waals surface area contributed by atoms with Crippen molar-refractivity contribution < 1.29 is 13.2 Å². The largest absolute Gasteiger partial charge is 0.404 e. The lowest BCUT2D eigenvalue weighted by atomic mass is 9.79. The van der Waals surface area contributed by atoms with Crippen molar-refractivity contribution in [2.24, 2.45) is 11.3 Å². The van der Waals surface area contributed by atoms with Crippen LogP contribution in [-0.4, -0.2) is 29.7 Å². The SMILES string of the molecule is CC(C)N1CC(C(C)(C)C)CC1C(F)(F)F. The van der Waals surface area contributed by atoms with Gasteiger partial charge >= 0.3 is 6.18 Å². The minimum atomic E-state index is -4.09. The fourth-order valence-electron chi connectivity index (χ4n) is 2.38. The zero-order valence-corrected chi connectivity index (χ0v) is 10.7. The molecule has 0 amide bonds. The summed E-state index contributed by atoms with van der Waals surface area (Å²) in [6, 6.07) is -1.30. The molecule has 0 radical (unpaired) electrons. The first kappa shape index (κ1) is 13.8. The van der Waals surface area contributed by atoms with Crippen LogP contribution in [0.5, 0.6) is 0 Å². The van der Waals surface area contributed by atoms with Crippen molar-refractivity contribution in [3.8, 4) is 0 Å². The van der Waals surface area contributed by atoms with Crippen LogP contribution in [0, 0.1) is 11.3 Å². The highest BCUT2D eigenvalue weighted by atomic mass is 19.4. The summed E-state index contributed by atoms with van der Waals surface area (Å²) in [5.41, 5.74) is -0.0485. The second kappa shape index (κ2) is 4.21. The van der Waals surface area contributed by atoms with Crippen LogP contribution in [0.25, 0.3) is 0 Å². The average molecular weight is 237 g/mol. The van der Waals surface area contributed by atoms with Crippen LogP contribution in [0.2, 0.25) is 0 Å². The molecule has 0 bridgehead atoms. The lowest BCUT2D eigenvalue weighted by Crippen LogP contribution is -2.44. The number of rotatable bonds is 1. The third-order valence-corrected chi connectivity index (χ3v) is 3.61. The van der Waals surface area contributed by atoms with Gasteiger partial charge in [-0.2, -0.15) is 13.2 Å². The number of halogens is 3. The van der Waals surface area contributed by atoms with E-state index in [1.807, 2.05) is 34.6 Å². The van der Waals surface area contributed by atoms with Crippen molar-refractivity contribution in [3.63, 3.8) is 0 Å². The van der Waals surface area contributed by atoms with Crippen LogP contribution in [0.3, 0.4) is 0 Å². The van der Waals surface area contributed by atoms with Gasteiger partial charge in [-0.25, -0.2) is 0 Å². The highest BCUT2D eigenvalue weighted by Gasteiger charge is 2.51. The van der Waals surface area contributed by atoms with Crippen LogP contribution in [0.1, 0.15) is 41.0 Å². The van der Waals surface area contributed by atoms with E-state index in [1.165, 1.54) is 0 Å². The molecular weight excluding hydrogens is 215 g/mol. The number of likely N-dealkylation sites (tertiary alicyclic amines) is 1. The lowest BCUT2D eigenvalue weighted by Gasteiger charge is -2.30. The number of nitrogens with zero attached hydrogens (tertiary/aromatic N) is 1. The second-order valence-electron chi connectivity index (χ2n) is 6.15. The normalized spacial score (nSPS) is 29.1. The van der Waals surface area contributed by atoms with E-state index in [0.29, 0.717) is 6.54 Å². The summed E-state index contributed by atoms with van der Waals surface area (Å²) in [6.07, 6.45) is -3.85. The fraction of sp³-hybridized carbons (Fsp3) is 1.00. The maximum atomic E-state index is 12.9. The summed E-state index contributed by atoms with van der Waals surface area (Å²) >= 11 is 0. The van der Waals surface area contributed by atoms with Gasteiger partial charge in [-0.3, -0.25) is 4.90 Å². The Balaban J connectivity index is 2.85. The summed E-state index contributed by atoms with van der Waals surface area (Å²) in [5, 5.41) is 0. The number of alkyl halides is 3. The molecule has 1 aliphatic rings. The Morgan fingerprint density at radius 2 is 1.62 bits per heavy atom. The molecule has 0 aliphatic carbocycles. The summed E-state index contributed by atoms with van der Waals surface area (Å²) in [7, 11) is 0. The molecule has 2 unspecified atom stereocenters. The molecule has 1 nitrogen and oxygen atoms in total. The Kier molecular flexibility index (Phi) is 3.63. The van der Waals surface area contributed by atoms with Crippen LogP contribution in [0.4, 0.5) is 13.2 Å². The maximum absolute atomic E-state index is 12.9. The Hall–Kier alpha value is -0.250. The predicted molar refractivity (Wildman–Crippen MR) is 59.2 cm³/mol. The predicted octanol–water partition coefficient (Wildman–Crippen LogP) is 3.69. The topological polar surface area (TPSA) is 3.24 Å². The van der Waals surface area contributed by atoms with Crippen molar-refractivity contribution in [3.05, 3.63) is 0 Å². The number of hydrogen-bond donors (Lipinski definition) is 0. The van der Waals surface area contributed by atoms with Gasteiger partial charge in [0.15, 0.2) is 0 Å². The Bertz CT molecular complexity index is 240. The second-order valence-corrected chi connectivity index (χ2v) is 6.15. The molecular formula is C12H22F3N. The molecule has 1 heterocycles. The Morgan fingerprint density at radius 3 is 1.88 bits per heavy atom. The van der Waals surface area contributed by atoms with Crippen molar-refractivity contribution in [1.82, 2.24) is 4.90 Å². The van der Waals surface area contributed by atoms with Crippen LogP contribution in [0.15, 0.2) is 0 Å². The van der Waals surface area contributed by atoms with Gasteiger partial charge in [0.25, 0.3) is 0 Å². The molecule has 1 fully saturated rings. The molecule has 2 atom stereocenters. The van der Waals surface area contributed by atoms with E-state index in [2.05, 4.69) is 0 Å². The van der Waals surface area contributed by atoms with Crippen molar-refractivity contribution >= 4 is 0 Å². The molecule has 0 spiro atoms. The van der Waals surface area contributed by atoms with Crippen LogP contribution >= 0.6 is 0 Å². The van der Waals surface area contributed by atoms with Gasteiger partial charge in [-0.15, -0.1) is 0 Å². The molecule has 1 rings (SSSR count). The maximum Gasteiger partial charge on any atom is 0.404 e. The van der Waals surface area contributed by atoms with E-state index in [4.69, 9.17) is 0 Å². The highest BCUT2D eigenvalue weighted by molar-refractivity contribution is 4.95. The monoisotopic (exact) mass is 237 g/mol. The first-order valence-corrected chi connectivity index (χ1v) is 5.86. The van der Waals surface area contributed by atoms with Crippen LogP contribution < -0.4 is 0 Å². The molecule has 16 heavy (non-hydrogen) atoms. The molecule has 0 saturated carbocycles. The third-order valence-electron chi connectivity index (χ3n) is 3.61. The first-order chi connectivity index (χ1) is 7.03. The lowest BCUT2D eigenvalue weighted by molar-refractivity contribution is -0.179. The summed E-state index contributed by atoms with van der Waals surface area (Å²) in [4.78, 5) is 1.59. The molecule has 1 saturated heterocycles. The van der Waals surface area contributed by atoms with Gasteiger partial charge in [-0.1, -0.05) is 20.8 Å². The molecule has 0 N–H and O–H groups in total. The van der Waals surface area contributed by atoms with Crippen LogP contribution in [-0.2, 0) is 0 Å². The van der Waals surface area contributed by atoms with Gasteiger partial charge in [0, 0.05) is 12.6 Å². The zero-order valence-electron chi connectivity index (χ0n) is 10.7. The van der Waals surface area contributed by atoms with E-state index >= 15 is 0 Å². The molecule has 0 aromatic heterocycles. The Labute approximate surface area is 96.0 Å². The van der Waals surface area contributed by atoms with E-state index < -0.39 is 12.2 Å². The van der Waals surface area contributed by atoms with E-state index in [0.717, 1.165) is 0 Å². The van der Waals surface area contributed by atoms with E-state index in [9.17, 15) is 13.2 Å². The summed E-state index contributed by atoms with van der Waals surface area (Å²) < 4.78 is 38.7. The van der Waals surface area contributed by atoms with Gasteiger partial charge < -0.3 is 0 Å². The minimum absolute atomic E-state index is 0.0426. The molecule has 0 aromatic rings. The third kappa shape index (κ3) is 2.90. The minimum Gasteiger partial charge on any atom is -0.289 e. The number of hydrogen-bond acceptors (Lipinski definition) is 1. The smallest absolute Gasteiger partial charge is 0.289 e. The standard InChI is InChI=1S/C12H22F3N/c1-8(2)16-7-9(11(3,4)5)6-10(16)12(13,14)15/h8-10H,6-7H2,1-5H3. The van der Waals surface area contributed by atoms with Crippen molar-refractivity contribution in [2.45, 2.75) is 59.3 Å². The van der Waals surface area contributed by atoms with Gasteiger partial charge in [-0.05, 0) is 31.6 Å². The van der Waals surface area contributed by atoms with E-state index in [1.54, 1.807) is 4.90 Å². The highest BCUT2D eigenvalue weighted by Crippen LogP contribution is 2.42. The molecule has 96 valence electrons. The zero-order chi connectivity index (χ0) is 12.7. The summed E-state index contributed by atoms with van der Waals surface area (Å²) in [5.74, 6) is 0.126. The Morgan fingerprint density at radius 1 is 1.12 bits per heavy atom. The van der Waals surface area contributed by atoms with Gasteiger partial charge in [0.05, 0.1) is 0 Å². The molecule has 0 aromatic carbocycles. The van der Waals surface area contributed by atoms with Crippen molar-refractivity contribution in [1.29, 1.82) is 0 Å². The van der Waals surface area contributed by atoms with Gasteiger partial charge in [0.1, 0.15) is 6.04 Å². The fourth-order valence-corrected chi connectivity index (χ4v) is 2.38. The average Bonchev–Trinajstić information content (AvgIpc) is 2.44. The first-order valence-electron chi connectivity index (χ1n) is 5.86.